The largest absolute Gasteiger partial charge is 0.351 e. The van der Waals surface area contributed by atoms with Crippen LogP contribution in [0.15, 0.2) is 53.9 Å². The van der Waals surface area contributed by atoms with Gasteiger partial charge in [0.1, 0.15) is 0 Å². The van der Waals surface area contributed by atoms with Gasteiger partial charge >= 0.3 is 0 Å². The predicted octanol–water partition coefficient (Wildman–Crippen LogP) is 3.47. The molecule has 2 heterocycles. The molecule has 3 aromatic rings. The number of hydrogen-bond acceptors (Lipinski definition) is 5. The number of nitrogens with one attached hydrogen (secondary N) is 1. The van der Waals surface area contributed by atoms with Crippen LogP contribution in [-0.2, 0) is 17.9 Å². The summed E-state index contributed by atoms with van der Waals surface area (Å²) >= 11 is 1.41. The van der Waals surface area contributed by atoms with Crippen LogP contribution in [0.5, 0.6) is 0 Å². The van der Waals surface area contributed by atoms with Crippen molar-refractivity contribution in [3.05, 3.63) is 59.9 Å². The van der Waals surface area contributed by atoms with Gasteiger partial charge in [-0.05, 0) is 36.6 Å². The fraction of sp³-hybridized carbons (Fsp3) is 0.300. The molecule has 0 unspecified atom stereocenters. The lowest BCUT2D eigenvalue weighted by molar-refractivity contribution is -0.118. The Morgan fingerprint density at radius 3 is 2.67 bits per heavy atom. The van der Waals surface area contributed by atoms with E-state index in [4.69, 9.17) is 0 Å². The summed E-state index contributed by atoms with van der Waals surface area (Å²) < 4.78 is 2.06. The average molecular weight is 382 g/mol. The van der Waals surface area contributed by atoms with E-state index in [9.17, 15) is 4.79 Å². The van der Waals surface area contributed by atoms with Crippen LogP contribution in [0.25, 0.3) is 11.4 Å². The monoisotopic (exact) mass is 381 g/mol. The summed E-state index contributed by atoms with van der Waals surface area (Å²) in [6, 6.07) is 11.9. The molecule has 0 aliphatic carbocycles. The van der Waals surface area contributed by atoms with E-state index in [0.29, 0.717) is 12.3 Å². The minimum Gasteiger partial charge on any atom is -0.351 e. The lowest BCUT2D eigenvalue weighted by Crippen LogP contribution is -2.25. The van der Waals surface area contributed by atoms with Gasteiger partial charge in [-0.2, -0.15) is 0 Å². The van der Waals surface area contributed by atoms with Crippen molar-refractivity contribution in [1.82, 2.24) is 25.1 Å². The quantitative estimate of drug-likeness (QED) is 0.605. The number of pyridine rings is 1. The molecule has 0 fully saturated rings. The Hall–Kier alpha value is -2.67. The van der Waals surface area contributed by atoms with Gasteiger partial charge in [0.25, 0.3) is 0 Å². The maximum atomic E-state index is 12.2. The summed E-state index contributed by atoms with van der Waals surface area (Å²) in [5.74, 6) is 1.10. The van der Waals surface area contributed by atoms with Gasteiger partial charge in [-0.3, -0.25) is 9.78 Å². The van der Waals surface area contributed by atoms with E-state index in [1.165, 1.54) is 17.3 Å². The molecule has 3 rings (SSSR count). The predicted molar refractivity (Wildman–Crippen MR) is 107 cm³/mol. The highest BCUT2D eigenvalue weighted by atomic mass is 32.2. The number of aryl methyl sites for hydroxylation is 1. The fourth-order valence-electron chi connectivity index (χ4n) is 2.72. The first kappa shape index (κ1) is 19.1. The third-order valence-corrected chi connectivity index (χ3v) is 5.14. The van der Waals surface area contributed by atoms with Crippen LogP contribution in [0, 0.1) is 6.92 Å². The summed E-state index contributed by atoms with van der Waals surface area (Å²) in [6.45, 7) is 5.50. The minimum atomic E-state index is -0.0141. The Labute approximate surface area is 163 Å². The van der Waals surface area contributed by atoms with E-state index in [0.717, 1.165) is 35.1 Å². The zero-order chi connectivity index (χ0) is 19.1. The van der Waals surface area contributed by atoms with Gasteiger partial charge < -0.3 is 9.88 Å². The van der Waals surface area contributed by atoms with Crippen molar-refractivity contribution in [3.63, 3.8) is 0 Å². The molecule has 0 saturated carbocycles. The second-order valence-corrected chi connectivity index (χ2v) is 7.13. The van der Waals surface area contributed by atoms with Crippen molar-refractivity contribution < 1.29 is 4.79 Å². The second kappa shape index (κ2) is 9.32. The first-order valence-electron chi connectivity index (χ1n) is 8.96. The molecule has 0 saturated heterocycles. The third kappa shape index (κ3) is 4.95. The van der Waals surface area contributed by atoms with E-state index in [2.05, 4.69) is 32.0 Å². The second-order valence-electron chi connectivity index (χ2n) is 6.19. The van der Waals surface area contributed by atoms with Crippen LogP contribution in [0.4, 0.5) is 0 Å². The number of hydrogen-bond donors (Lipinski definition) is 1. The Balaban J connectivity index is 1.63. The molecular formula is C20H23N5OS. The van der Waals surface area contributed by atoms with Gasteiger partial charge in [-0.1, -0.05) is 43.0 Å². The van der Waals surface area contributed by atoms with Gasteiger partial charge in [0.15, 0.2) is 11.0 Å². The first-order valence-corrected chi connectivity index (χ1v) is 9.95. The van der Waals surface area contributed by atoms with Gasteiger partial charge in [0.05, 0.1) is 5.75 Å². The molecule has 0 bridgehead atoms. The zero-order valence-corrected chi connectivity index (χ0v) is 16.4. The molecule has 0 spiro atoms. The van der Waals surface area contributed by atoms with Crippen LogP contribution >= 0.6 is 11.8 Å². The molecule has 1 aromatic carbocycles. The number of amides is 1. The van der Waals surface area contributed by atoms with Crippen LogP contribution in [0.1, 0.15) is 24.5 Å². The highest BCUT2D eigenvalue weighted by Gasteiger charge is 2.15. The number of thioether (sulfide) groups is 1. The van der Waals surface area contributed by atoms with E-state index >= 15 is 0 Å². The Morgan fingerprint density at radius 2 is 1.93 bits per heavy atom. The van der Waals surface area contributed by atoms with E-state index < -0.39 is 0 Å². The lowest BCUT2D eigenvalue weighted by atomic mass is 10.1. The van der Waals surface area contributed by atoms with Crippen LogP contribution < -0.4 is 5.32 Å². The topological polar surface area (TPSA) is 72.7 Å². The number of carbonyl (C=O) groups excluding carboxylic acids is 1. The zero-order valence-electron chi connectivity index (χ0n) is 15.6. The number of carbonyl (C=O) groups is 1. The summed E-state index contributed by atoms with van der Waals surface area (Å²) in [6.07, 6.45) is 4.45. The molecule has 0 atom stereocenters. The summed E-state index contributed by atoms with van der Waals surface area (Å²) in [4.78, 5) is 16.3. The van der Waals surface area contributed by atoms with Gasteiger partial charge in [-0.25, -0.2) is 0 Å². The van der Waals surface area contributed by atoms with Crippen LogP contribution in [0.3, 0.4) is 0 Å². The van der Waals surface area contributed by atoms with Gasteiger partial charge in [-0.15, -0.1) is 10.2 Å². The molecule has 7 heteroatoms. The maximum absolute atomic E-state index is 12.2. The number of rotatable bonds is 8. The summed E-state index contributed by atoms with van der Waals surface area (Å²) in [5, 5.41) is 12.3. The number of benzene rings is 1. The summed E-state index contributed by atoms with van der Waals surface area (Å²) in [5.41, 5.74) is 3.28. The summed E-state index contributed by atoms with van der Waals surface area (Å²) in [7, 11) is 0. The van der Waals surface area contributed by atoms with Crippen LogP contribution in [0.2, 0.25) is 0 Å². The van der Waals surface area contributed by atoms with Crippen molar-refractivity contribution >= 4 is 17.7 Å². The van der Waals surface area contributed by atoms with Crippen molar-refractivity contribution in [1.29, 1.82) is 0 Å². The molecule has 0 aliphatic heterocycles. The lowest BCUT2D eigenvalue weighted by Gasteiger charge is -2.09. The van der Waals surface area contributed by atoms with E-state index in [-0.39, 0.29) is 5.91 Å². The molecular weight excluding hydrogens is 358 g/mol. The SMILES string of the molecule is CCCn1c(SCC(=O)NCc2ccccc2C)nnc1-c1ccncc1. The molecule has 6 nitrogen and oxygen atoms in total. The highest BCUT2D eigenvalue weighted by molar-refractivity contribution is 7.99. The maximum Gasteiger partial charge on any atom is 0.230 e. The van der Waals surface area contributed by atoms with Gasteiger partial charge in [0, 0.05) is 31.0 Å². The molecule has 140 valence electrons. The molecule has 1 N–H and O–H groups in total. The van der Waals surface area contributed by atoms with E-state index in [1.807, 2.05) is 43.3 Å². The molecule has 27 heavy (non-hydrogen) atoms. The van der Waals surface area contributed by atoms with Crippen molar-refractivity contribution in [2.45, 2.75) is 38.5 Å². The fourth-order valence-corrected chi connectivity index (χ4v) is 3.51. The normalized spacial score (nSPS) is 10.7. The van der Waals surface area contributed by atoms with Crippen molar-refractivity contribution in [2.24, 2.45) is 0 Å². The molecule has 1 amide bonds. The molecule has 2 aromatic heterocycles. The molecule has 0 radical (unpaired) electrons. The van der Waals surface area contributed by atoms with Crippen molar-refractivity contribution in [3.8, 4) is 11.4 Å². The Kier molecular flexibility index (Phi) is 6.59. The number of aromatic nitrogens is 4. The smallest absolute Gasteiger partial charge is 0.230 e. The third-order valence-electron chi connectivity index (χ3n) is 4.17. The number of nitrogens with zero attached hydrogens (tertiary/aromatic N) is 4. The van der Waals surface area contributed by atoms with Crippen LogP contribution in [-0.4, -0.2) is 31.4 Å². The first-order chi connectivity index (χ1) is 13.2. The van der Waals surface area contributed by atoms with Crippen molar-refractivity contribution in [2.75, 3.05) is 5.75 Å². The highest BCUT2D eigenvalue weighted by Crippen LogP contribution is 2.23. The Bertz CT molecular complexity index is 894. The van der Waals surface area contributed by atoms with Gasteiger partial charge in [0.2, 0.25) is 5.91 Å². The molecule has 0 aliphatic rings. The minimum absolute atomic E-state index is 0.0141. The Morgan fingerprint density at radius 1 is 1.15 bits per heavy atom. The average Bonchev–Trinajstić information content (AvgIpc) is 3.09. The standard InChI is InChI=1S/C20H23N5OS/c1-3-12-25-19(16-8-10-21-11-9-16)23-24-20(25)27-14-18(26)22-13-17-7-5-4-6-15(17)2/h4-11H,3,12-14H2,1-2H3,(H,22,26). The van der Waals surface area contributed by atoms with E-state index in [1.54, 1.807) is 12.4 Å².